The summed E-state index contributed by atoms with van der Waals surface area (Å²) in [5.41, 5.74) is 0.267. The molecule has 3 aromatic rings. The average molecular weight is 483 g/mol. The molecule has 0 fully saturated rings. The largest absolute Gasteiger partial charge is 0.408 e. The molecule has 3 heterocycles. The Morgan fingerprint density at radius 2 is 1.91 bits per heavy atom. The standard InChI is InChI=1S/C15H15ClN10O7/c1-8-12(16)13(26(31)32)21-24(8)7-11(27)17-3-4-18-14(28)15-19-9(22-33-15)6-23-5-2-10(20-23)25(29)30/h2,5H,3-4,6-7H2,1H3,(H,17,27)(H,18,28). The van der Waals surface area contributed by atoms with Gasteiger partial charge in [-0.2, -0.15) is 14.3 Å². The van der Waals surface area contributed by atoms with Crippen molar-refractivity contribution in [3.8, 4) is 0 Å². The first-order chi connectivity index (χ1) is 15.7. The Morgan fingerprint density at radius 1 is 1.18 bits per heavy atom. The molecular formula is C15H15ClN10O7. The van der Waals surface area contributed by atoms with Gasteiger partial charge in [-0.15, -0.1) is 0 Å². The summed E-state index contributed by atoms with van der Waals surface area (Å²) in [5, 5.41) is 37.3. The topological polar surface area (TPSA) is 219 Å². The molecule has 3 aromatic heterocycles. The van der Waals surface area contributed by atoms with Crippen molar-refractivity contribution in [1.82, 2.24) is 40.3 Å². The highest BCUT2D eigenvalue weighted by molar-refractivity contribution is 6.33. The number of hydrogen-bond donors (Lipinski definition) is 2. The fraction of sp³-hybridized carbons (Fsp3) is 0.333. The molecule has 0 saturated carbocycles. The Morgan fingerprint density at radius 3 is 2.55 bits per heavy atom. The molecule has 3 rings (SSSR count). The minimum atomic E-state index is -0.749. The van der Waals surface area contributed by atoms with Crippen molar-refractivity contribution in [2.75, 3.05) is 13.1 Å². The molecule has 0 radical (unpaired) electrons. The first kappa shape index (κ1) is 23.3. The van der Waals surface area contributed by atoms with E-state index in [0.29, 0.717) is 0 Å². The first-order valence-corrected chi connectivity index (χ1v) is 9.46. The molecule has 0 atom stereocenters. The van der Waals surface area contributed by atoms with Crippen molar-refractivity contribution < 1.29 is 24.0 Å². The molecule has 0 aromatic carbocycles. The number of hydrogen-bond acceptors (Lipinski definition) is 11. The Labute approximate surface area is 188 Å². The molecule has 174 valence electrons. The molecule has 33 heavy (non-hydrogen) atoms. The van der Waals surface area contributed by atoms with Crippen LogP contribution in [0.2, 0.25) is 5.02 Å². The number of nitrogens with zero attached hydrogens (tertiary/aromatic N) is 8. The number of nitro groups is 2. The van der Waals surface area contributed by atoms with Crippen LogP contribution in [0.5, 0.6) is 0 Å². The lowest BCUT2D eigenvalue weighted by atomic mass is 10.4. The number of aromatic nitrogens is 6. The van der Waals surface area contributed by atoms with Crippen LogP contribution in [0.1, 0.15) is 22.2 Å². The van der Waals surface area contributed by atoms with Gasteiger partial charge in [-0.3, -0.25) is 9.59 Å². The minimum absolute atomic E-state index is 0.0205. The van der Waals surface area contributed by atoms with E-state index in [2.05, 4.69) is 31.0 Å². The van der Waals surface area contributed by atoms with Crippen LogP contribution in [0.3, 0.4) is 0 Å². The number of rotatable bonds is 10. The third kappa shape index (κ3) is 5.64. The van der Waals surface area contributed by atoms with Gasteiger partial charge < -0.3 is 35.4 Å². The van der Waals surface area contributed by atoms with Gasteiger partial charge in [-0.05, 0) is 16.8 Å². The van der Waals surface area contributed by atoms with E-state index >= 15 is 0 Å². The van der Waals surface area contributed by atoms with Gasteiger partial charge in [0.1, 0.15) is 13.1 Å². The molecule has 0 unspecified atom stereocenters. The van der Waals surface area contributed by atoms with E-state index in [1.807, 2.05) is 0 Å². The zero-order valence-electron chi connectivity index (χ0n) is 16.8. The van der Waals surface area contributed by atoms with Gasteiger partial charge in [0.25, 0.3) is 0 Å². The second-order valence-electron chi connectivity index (χ2n) is 6.39. The van der Waals surface area contributed by atoms with Gasteiger partial charge in [0, 0.05) is 13.1 Å². The SMILES string of the molecule is Cc1c(Cl)c([N+](=O)[O-])nn1CC(=O)NCCNC(=O)c1nc(Cn2ccc([N+](=O)[O-])n2)no1. The molecule has 18 heteroatoms. The van der Waals surface area contributed by atoms with Crippen LogP contribution >= 0.6 is 11.6 Å². The summed E-state index contributed by atoms with van der Waals surface area (Å²) in [4.78, 5) is 48.0. The van der Waals surface area contributed by atoms with Crippen molar-refractivity contribution in [3.05, 3.63) is 54.9 Å². The van der Waals surface area contributed by atoms with Crippen LogP contribution in [0.4, 0.5) is 11.6 Å². The number of carbonyl (C=O) groups excluding carboxylic acids is 2. The normalized spacial score (nSPS) is 10.7. The molecule has 2 amide bonds. The van der Waals surface area contributed by atoms with E-state index in [0.717, 1.165) is 4.68 Å². The highest BCUT2D eigenvalue weighted by Crippen LogP contribution is 2.26. The highest BCUT2D eigenvalue weighted by atomic mass is 35.5. The molecule has 2 N–H and O–H groups in total. The van der Waals surface area contributed by atoms with E-state index in [4.69, 9.17) is 16.1 Å². The van der Waals surface area contributed by atoms with Gasteiger partial charge in [0.2, 0.25) is 5.91 Å². The fourth-order valence-electron chi connectivity index (χ4n) is 2.52. The second-order valence-corrected chi connectivity index (χ2v) is 6.77. The predicted octanol–water partition coefficient (Wildman–Crippen LogP) is -0.165. The molecule has 0 aliphatic rings. The lowest BCUT2D eigenvalue weighted by Gasteiger charge is -2.05. The molecule has 0 aliphatic carbocycles. The van der Waals surface area contributed by atoms with Crippen LogP contribution in [0.25, 0.3) is 0 Å². The van der Waals surface area contributed by atoms with Crippen LogP contribution < -0.4 is 10.6 Å². The summed E-state index contributed by atoms with van der Waals surface area (Å²) >= 11 is 5.82. The summed E-state index contributed by atoms with van der Waals surface area (Å²) < 4.78 is 7.15. The highest BCUT2D eigenvalue weighted by Gasteiger charge is 2.25. The zero-order valence-corrected chi connectivity index (χ0v) is 17.6. The van der Waals surface area contributed by atoms with Crippen molar-refractivity contribution in [1.29, 1.82) is 0 Å². The van der Waals surface area contributed by atoms with Crippen molar-refractivity contribution >= 4 is 35.1 Å². The monoisotopic (exact) mass is 482 g/mol. The summed E-state index contributed by atoms with van der Waals surface area (Å²) in [7, 11) is 0. The molecule has 0 saturated heterocycles. The maximum Gasteiger partial charge on any atom is 0.408 e. The van der Waals surface area contributed by atoms with Crippen molar-refractivity contribution in [3.63, 3.8) is 0 Å². The van der Waals surface area contributed by atoms with Crippen LogP contribution in [0, 0.1) is 27.2 Å². The van der Waals surface area contributed by atoms with Gasteiger partial charge in [0.15, 0.2) is 10.8 Å². The van der Waals surface area contributed by atoms with E-state index in [1.54, 1.807) is 0 Å². The summed E-state index contributed by atoms with van der Waals surface area (Å²) in [5.74, 6) is -2.35. The first-order valence-electron chi connectivity index (χ1n) is 9.08. The maximum atomic E-state index is 12.1. The van der Waals surface area contributed by atoms with E-state index in [1.165, 1.54) is 23.9 Å². The third-order valence-corrected chi connectivity index (χ3v) is 4.54. The van der Waals surface area contributed by atoms with Gasteiger partial charge in [-0.25, -0.2) is 0 Å². The lowest BCUT2D eigenvalue weighted by Crippen LogP contribution is -2.36. The Kier molecular flexibility index (Phi) is 6.91. The number of halogens is 1. The third-order valence-electron chi connectivity index (χ3n) is 4.10. The molecular weight excluding hydrogens is 468 g/mol. The fourth-order valence-corrected chi connectivity index (χ4v) is 2.72. The van der Waals surface area contributed by atoms with Crippen LogP contribution in [-0.4, -0.2) is 64.5 Å². The number of carbonyl (C=O) groups is 2. The quantitative estimate of drug-likeness (QED) is 0.219. The molecule has 0 aliphatic heterocycles. The lowest BCUT2D eigenvalue weighted by molar-refractivity contribution is -0.389. The van der Waals surface area contributed by atoms with E-state index in [9.17, 15) is 29.8 Å². The van der Waals surface area contributed by atoms with Crippen LogP contribution in [0.15, 0.2) is 16.8 Å². The van der Waals surface area contributed by atoms with Crippen LogP contribution in [-0.2, 0) is 17.9 Å². The van der Waals surface area contributed by atoms with Gasteiger partial charge in [-0.1, -0.05) is 16.8 Å². The number of amides is 2. The van der Waals surface area contributed by atoms with Gasteiger partial charge >= 0.3 is 23.4 Å². The Bertz CT molecular complexity index is 1220. The molecule has 17 nitrogen and oxygen atoms in total. The summed E-state index contributed by atoms with van der Waals surface area (Å²) in [6.07, 6.45) is 1.35. The molecule has 0 bridgehead atoms. The summed E-state index contributed by atoms with van der Waals surface area (Å²) in [6.45, 7) is 1.20. The van der Waals surface area contributed by atoms with Crippen molar-refractivity contribution in [2.24, 2.45) is 0 Å². The Hall–Kier alpha value is -4.41. The number of nitrogens with one attached hydrogen (secondary N) is 2. The zero-order chi connectivity index (χ0) is 24.1. The van der Waals surface area contributed by atoms with Crippen molar-refractivity contribution in [2.45, 2.75) is 20.0 Å². The van der Waals surface area contributed by atoms with E-state index < -0.39 is 27.5 Å². The smallest absolute Gasteiger partial charge is 0.358 e. The summed E-state index contributed by atoms with van der Waals surface area (Å²) in [6, 6.07) is 1.20. The maximum absolute atomic E-state index is 12.1. The van der Waals surface area contributed by atoms with Gasteiger partial charge in [0.05, 0.1) is 28.2 Å². The van der Waals surface area contributed by atoms with E-state index in [-0.39, 0.29) is 54.4 Å². The Balaban J connectivity index is 1.43. The predicted molar refractivity (Wildman–Crippen MR) is 106 cm³/mol. The second kappa shape index (κ2) is 9.81. The average Bonchev–Trinajstić information content (AvgIpc) is 3.48. The minimum Gasteiger partial charge on any atom is -0.358 e. The molecule has 0 spiro atoms.